The smallest absolute Gasteiger partial charge is 0.140 e. The summed E-state index contributed by atoms with van der Waals surface area (Å²) in [6.07, 6.45) is 5.57. The summed E-state index contributed by atoms with van der Waals surface area (Å²) < 4.78 is 5.36. The van der Waals surface area contributed by atoms with Gasteiger partial charge in [0.25, 0.3) is 0 Å². The summed E-state index contributed by atoms with van der Waals surface area (Å²) in [6.45, 7) is 0. The second-order valence-electron chi connectivity index (χ2n) is 4.02. The topological polar surface area (TPSA) is 34.2 Å². The van der Waals surface area contributed by atoms with E-state index in [1.54, 1.807) is 7.11 Å². The predicted octanol–water partition coefficient (Wildman–Crippen LogP) is 1.95. The zero-order chi connectivity index (χ0) is 10.7. The second kappa shape index (κ2) is 4.62. The van der Waals surface area contributed by atoms with E-state index in [0.717, 1.165) is 11.4 Å². The van der Waals surface area contributed by atoms with Crippen LogP contribution in [-0.4, -0.2) is 25.2 Å². The highest BCUT2D eigenvalue weighted by atomic mass is 16.5. The molecule has 3 heteroatoms. The van der Waals surface area contributed by atoms with Crippen molar-refractivity contribution in [1.29, 1.82) is 0 Å². The van der Waals surface area contributed by atoms with Gasteiger partial charge in [0.05, 0.1) is 12.8 Å². The number of hydrogen-bond acceptors (Lipinski definition) is 3. The van der Waals surface area contributed by atoms with Gasteiger partial charge in [-0.05, 0) is 32.0 Å². The highest BCUT2D eigenvalue weighted by Crippen LogP contribution is 2.37. The minimum absolute atomic E-state index is 0.506. The van der Waals surface area contributed by atoms with E-state index >= 15 is 0 Å². The van der Waals surface area contributed by atoms with Crippen LogP contribution in [0.4, 0.5) is 0 Å². The molecule has 1 heterocycles. The quantitative estimate of drug-likeness (QED) is 0.820. The molecule has 0 amide bonds. The van der Waals surface area contributed by atoms with Gasteiger partial charge in [0.2, 0.25) is 0 Å². The van der Waals surface area contributed by atoms with E-state index in [4.69, 9.17) is 4.74 Å². The Morgan fingerprint density at radius 1 is 1.47 bits per heavy atom. The van der Waals surface area contributed by atoms with Gasteiger partial charge in [0.15, 0.2) is 0 Å². The molecule has 1 fully saturated rings. The molecule has 82 valence electrons. The van der Waals surface area contributed by atoms with Crippen molar-refractivity contribution < 1.29 is 4.74 Å². The molecule has 3 nitrogen and oxygen atoms in total. The summed E-state index contributed by atoms with van der Waals surface area (Å²) in [4.78, 5) is 4.46. The van der Waals surface area contributed by atoms with Gasteiger partial charge in [-0.2, -0.15) is 0 Å². The van der Waals surface area contributed by atoms with Crippen LogP contribution in [0.5, 0.6) is 5.75 Å². The summed E-state index contributed by atoms with van der Waals surface area (Å²) in [6, 6.07) is 4.47. The average Bonchev–Trinajstić information content (AvgIpc) is 2.76. The van der Waals surface area contributed by atoms with E-state index in [-0.39, 0.29) is 0 Å². The normalized spacial score (nSPS) is 25.5. The summed E-state index contributed by atoms with van der Waals surface area (Å²) in [5, 5.41) is 3.37. The number of ether oxygens (including phenoxy) is 1. The van der Waals surface area contributed by atoms with Crippen LogP contribution >= 0.6 is 0 Å². The summed E-state index contributed by atoms with van der Waals surface area (Å²) in [5.41, 5.74) is 1.11. The van der Waals surface area contributed by atoms with Gasteiger partial charge >= 0.3 is 0 Å². The molecule has 1 aromatic rings. The van der Waals surface area contributed by atoms with E-state index in [1.165, 1.54) is 19.3 Å². The third-order valence-corrected chi connectivity index (χ3v) is 3.26. The summed E-state index contributed by atoms with van der Waals surface area (Å²) in [7, 11) is 3.74. The zero-order valence-electron chi connectivity index (χ0n) is 9.36. The second-order valence-corrected chi connectivity index (χ2v) is 4.02. The third-order valence-electron chi connectivity index (χ3n) is 3.26. The monoisotopic (exact) mass is 206 g/mol. The molecule has 2 rings (SSSR count). The van der Waals surface area contributed by atoms with Crippen LogP contribution in [0.1, 0.15) is 30.9 Å². The van der Waals surface area contributed by atoms with Crippen molar-refractivity contribution in [3.63, 3.8) is 0 Å². The van der Waals surface area contributed by atoms with Crippen molar-refractivity contribution in [3.05, 3.63) is 24.0 Å². The van der Waals surface area contributed by atoms with Gasteiger partial charge < -0.3 is 10.1 Å². The molecule has 1 saturated carbocycles. The first kappa shape index (κ1) is 10.4. The number of nitrogens with one attached hydrogen (secondary N) is 1. The molecule has 1 N–H and O–H groups in total. The summed E-state index contributed by atoms with van der Waals surface area (Å²) in [5.74, 6) is 1.43. The van der Waals surface area contributed by atoms with E-state index in [1.807, 2.05) is 25.4 Å². The third kappa shape index (κ3) is 1.97. The molecule has 0 aliphatic heterocycles. The number of aromatic nitrogens is 1. The van der Waals surface area contributed by atoms with E-state index in [9.17, 15) is 0 Å². The van der Waals surface area contributed by atoms with Crippen molar-refractivity contribution in [1.82, 2.24) is 10.3 Å². The molecule has 2 unspecified atom stereocenters. The maximum atomic E-state index is 5.36. The van der Waals surface area contributed by atoms with Crippen LogP contribution in [-0.2, 0) is 0 Å². The first-order chi connectivity index (χ1) is 7.36. The van der Waals surface area contributed by atoms with Crippen molar-refractivity contribution >= 4 is 0 Å². The predicted molar refractivity (Wildman–Crippen MR) is 60.2 cm³/mol. The van der Waals surface area contributed by atoms with Crippen LogP contribution in [0.15, 0.2) is 18.3 Å². The fraction of sp³-hybridized carbons (Fsp3) is 0.583. The SMILES string of the molecule is CNC1CCCC1c1ncccc1OC. The lowest BCUT2D eigenvalue weighted by atomic mass is 9.98. The van der Waals surface area contributed by atoms with Crippen molar-refractivity contribution in [2.24, 2.45) is 0 Å². The molecule has 0 aromatic carbocycles. The minimum Gasteiger partial charge on any atom is -0.495 e. The summed E-state index contributed by atoms with van der Waals surface area (Å²) >= 11 is 0. The lowest BCUT2D eigenvalue weighted by molar-refractivity contribution is 0.395. The molecule has 0 spiro atoms. The first-order valence-electron chi connectivity index (χ1n) is 5.53. The standard InChI is InChI=1S/C12H18N2O/c1-13-10-6-3-5-9(10)12-11(15-2)7-4-8-14-12/h4,7-10,13H,3,5-6H2,1-2H3. The highest BCUT2D eigenvalue weighted by molar-refractivity contribution is 5.31. The molecule has 0 saturated heterocycles. The fourth-order valence-electron chi connectivity index (χ4n) is 2.49. The number of rotatable bonds is 3. The number of nitrogens with zero attached hydrogens (tertiary/aromatic N) is 1. The van der Waals surface area contributed by atoms with Crippen LogP contribution in [0.25, 0.3) is 0 Å². The molecule has 1 aromatic heterocycles. The Balaban J connectivity index is 2.27. The zero-order valence-corrected chi connectivity index (χ0v) is 9.36. The molecule has 1 aliphatic carbocycles. The molecule has 2 atom stereocenters. The Bertz CT molecular complexity index is 327. The molecular weight excluding hydrogens is 188 g/mol. The van der Waals surface area contributed by atoms with Crippen LogP contribution < -0.4 is 10.1 Å². The largest absolute Gasteiger partial charge is 0.495 e. The van der Waals surface area contributed by atoms with Gasteiger partial charge in [-0.25, -0.2) is 0 Å². The molecule has 1 aliphatic rings. The fourth-order valence-corrected chi connectivity index (χ4v) is 2.49. The number of hydrogen-bond donors (Lipinski definition) is 1. The Morgan fingerprint density at radius 2 is 2.33 bits per heavy atom. The van der Waals surface area contributed by atoms with Crippen molar-refractivity contribution in [2.45, 2.75) is 31.2 Å². The van der Waals surface area contributed by atoms with E-state index in [0.29, 0.717) is 12.0 Å². The molecular formula is C12H18N2O. The lowest BCUT2D eigenvalue weighted by Crippen LogP contribution is -2.28. The Hall–Kier alpha value is -1.09. The Kier molecular flexibility index (Phi) is 3.21. The lowest BCUT2D eigenvalue weighted by Gasteiger charge is -2.20. The maximum absolute atomic E-state index is 5.36. The van der Waals surface area contributed by atoms with Gasteiger partial charge in [-0.3, -0.25) is 4.98 Å². The van der Waals surface area contributed by atoms with Crippen LogP contribution in [0.2, 0.25) is 0 Å². The molecule has 0 bridgehead atoms. The Morgan fingerprint density at radius 3 is 3.07 bits per heavy atom. The van der Waals surface area contributed by atoms with E-state index in [2.05, 4.69) is 10.3 Å². The molecule has 15 heavy (non-hydrogen) atoms. The maximum Gasteiger partial charge on any atom is 0.140 e. The van der Waals surface area contributed by atoms with Gasteiger partial charge in [-0.15, -0.1) is 0 Å². The van der Waals surface area contributed by atoms with Gasteiger partial charge in [0, 0.05) is 18.2 Å². The Labute approximate surface area is 90.9 Å². The van der Waals surface area contributed by atoms with Gasteiger partial charge in [0.1, 0.15) is 5.75 Å². The van der Waals surface area contributed by atoms with Gasteiger partial charge in [-0.1, -0.05) is 6.42 Å². The average molecular weight is 206 g/mol. The highest BCUT2D eigenvalue weighted by Gasteiger charge is 2.30. The number of likely N-dealkylation sites (N-methyl/N-ethyl adjacent to an activating group) is 1. The van der Waals surface area contributed by atoms with Crippen molar-refractivity contribution in [2.75, 3.05) is 14.2 Å². The minimum atomic E-state index is 0.506. The first-order valence-corrected chi connectivity index (χ1v) is 5.53. The van der Waals surface area contributed by atoms with Crippen LogP contribution in [0.3, 0.4) is 0 Å². The van der Waals surface area contributed by atoms with Crippen LogP contribution in [0, 0.1) is 0 Å². The number of pyridine rings is 1. The molecule has 0 radical (unpaired) electrons. The van der Waals surface area contributed by atoms with Crippen molar-refractivity contribution in [3.8, 4) is 5.75 Å². The number of methoxy groups -OCH3 is 1. The van der Waals surface area contributed by atoms with E-state index < -0.39 is 0 Å².